The Hall–Kier alpha value is -3.33. The van der Waals surface area contributed by atoms with Gasteiger partial charge in [0.05, 0.1) is 17.5 Å². The quantitative estimate of drug-likeness (QED) is 0.573. The largest absolute Gasteiger partial charge is 0.325 e. The highest BCUT2D eigenvalue weighted by molar-refractivity contribution is 5.96. The first-order valence-corrected chi connectivity index (χ1v) is 8.07. The summed E-state index contributed by atoms with van der Waals surface area (Å²) in [5, 5.41) is 15.8. The molecular weight excluding hydrogens is 355 g/mol. The van der Waals surface area contributed by atoms with Crippen molar-refractivity contribution in [2.75, 3.05) is 24.2 Å². The first-order valence-electron chi connectivity index (χ1n) is 8.07. The topological polar surface area (TPSA) is 105 Å². The predicted molar refractivity (Wildman–Crippen MR) is 98.8 cm³/mol. The van der Waals surface area contributed by atoms with E-state index in [0.717, 1.165) is 0 Å². The van der Waals surface area contributed by atoms with Gasteiger partial charge < -0.3 is 10.6 Å². The van der Waals surface area contributed by atoms with E-state index >= 15 is 0 Å². The molecule has 8 nitrogen and oxygen atoms in total. The van der Waals surface area contributed by atoms with Gasteiger partial charge in [0.2, 0.25) is 11.8 Å². The van der Waals surface area contributed by atoms with Crippen LogP contribution in [-0.4, -0.2) is 41.3 Å². The highest BCUT2D eigenvalue weighted by atomic mass is 19.1. The maximum absolute atomic E-state index is 13.1. The normalized spacial score (nSPS) is 11.7. The molecule has 9 heteroatoms. The van der Waals surface area contributed by atoms with Gasteiger partial charge in [0.15, 0.2) is 0 Å². The standard InChI is InChI=1S/C18H19FN4O4/c1-12(18(25)21-14-6-8-16(9-7-14)23(26)27)22(2)11-17(24)20-15-5-3-4-13(19)10-15/h3-10,12H,11H2,1-2H3,(H,20,24)(H,21,25)/t12-/m1/s1. The zero-order chi connectivity index (χ0) is 20.0. The van der Waals surface area contributed by atoms with Crippen LogP contribution >= 0.6 is 0 Å². The summed E-state index contributed by atoms with van der Waals surface area (Å²) < 4.78 is 13.1. The molecule has 2 amide bonds. The van der Waals surface area contributed by atoms with E-state index in [-0.39, 0.29) is 18.1 Å². The van der Waals surface area contributed by atoms with Crippen LogP contribution in [0.5, 0.6) is 0 Å². The first-order chi connectivity index (χ1) is 12.8. The van der Waals surface area contributed by atoms with E-state index in [9.17, 15) is 24.1 Å². The molecule has 0 saturated heterocycles. The maximum Gasteiger partial charge on any atom is 0.269 e. The number of hydrogen-bond acceptors (Lipinski definition) is 5. The number of hydrogen-bond donors (Lipinski definition) is 2. The van der Waals surface area contributed by atoms with Gasteiger partial charge in [-0.1, -0.05) is 6.07 Å². The van der Waals surface area contributed by atoms with Crippen molar-refractivity contribution in [1.29, 1.82) is 0 Å². The summed E-state index contributed by atoms with van der Waals surface area (Å²) >= 11 is 0. The maximum atomic E-state index is 13.1. The van der Waals surface area contributed by atoms with Crippen LogP contribution in [0, 0.1) is 15.9 Å². The molecule has 142 valence electrons. The van der Waals surface area contributed by atoms with E-state index in [0.29, 0.717) is 11.4 Å². The van der Waals surface area contributed by atoms with Crippen LogP contribution in [0.25, 0.3) is 0 Å². The monoisotopic (exact) mass is 374 g/mol. The molecule has 2 aromatic carbocycles. The van der Waals surface area contributed by atoms with Gasteiger partial charge in [0, 0.05) is 23.5 Å². The lowest BCUT2D eigenvalue weighted by atomic mass is 10.2. The van der Waals surface area contributed by atoms with Gasteiger partial charge in [-0.3, -0.25) is 24.6 Å². The Morgan fingerprint density at radius 1 is 1.15 bits per heavy atom. The molecule has 0 aliphatic heterocycles. The van der Waals surface area contributed by atoms with Crippen molar-refractivity contribution in [2.45, 2.75) is 13.0 Å². The predicted octanol–water partition coefficient (Wildman–Crippen LogP) is 2.63. The number of amides is 2. The molecule has 0 fully saturated rings. The summed E-state index contributed by atoms with van der Waals surface area (Å²) in [4.78, 5) is 36.0. The summed E-state index contributed by atoms with van der Waals surface area (Å²) in [6.45, 7) is 1.54. The molecule has 1 atom stereocenters. The Bertz CT molecular complexity index is 842. The minimum Gasteiger partial charge on any atom is -0.325 e. The number of rotatable bonds is 7. The minimum absolute atomic E-state index is 0.0767. The third-order valence-corrected chi connectivity index (χ3v) is 3.89. The van der Waals surface area contributed by atoms with Crippen molar-refractivity contribution in [3.63, 3.8) is 0 Å². The van der Waals surface area contributed by atoms with Crippen molar-refractivity contribution in [1.82, 2.24) is 4.90 Å². The SMILES string of the molecule is C[C@H](C(=O)Nc1ccc([N+](=O)[O-])cc1)N(C)CC(=O)Nc1cccc(F)c1. The number of benzene rings is 2. The number of halogens is 1. The number of carbonyl (C=O) groups excluding carboxylic acids is 2. The summed E-state index contributed by atoms with van der Waals surface area (Å²) in [7, 11) is 1.60. The molecule has 0 radical (unpaired) electrons. The van der Waals surface area contributed by atoms with Gasteiger partial charge in [0.1, 0.15) is 5.82 Å². The van der Waals surface area contributed by atoms with Gasteiger partial charge in [-0.25, -0.2) is 4.39 Å². The van der Waals surface area contributed by atoms with E-state index in [1.54, 1.807) is 20.0 Å². The molecule has 0 unspecified atom stereocenters. The molecule has 0 aliphatic rings. The lowest BCUT2D eigenvalue weighted by Crippen LogP contribution is -2.43. The van der Waals surface area contributed by atoms with E-state index in [2.05, 4.69) is 10.6 Å². The average Bonchev–Trinajstić information content (AvgIpc) is 2.61. The van der Waals surface area contributed by atoms with Crippen molar-refractivity contribution < 1.29 is 18.9 Å². The van der Waals surface area contributed by atoms with Gasteiger partial charge in [-0.05, 0) is 44.3 Å². The smallest absolute Gasteiger partial charge is 0.269 e. The lowest BCUT2D eigenvalue weighted by molar-refractivity contribution is -0.384. The van der Waals surface area contributed by atoms with E-state index in [1.165, 1.54) is 47.4 Å². The Labute approximate surface area is 155 Å². The zero-order valence-electron chi connectivity index (χ0n) is 14.8. The number of nitrogens with zero attached hydrogens (tertiary/aromatic N) is 2. The molecule has 0 bridgehead atoms. The number of anilines is 2. The highest BCUT2D eigenvalue weighted by Crippen LogP contribution is 2.16. The second-order valence-corrected chi connectivity index (χ2v) is 5.94. The molecule has 27 heavy (non-hydrogen) atoms. The van der Waals surface area contributed by atoms with E-state index in [4.69, 9.17) is 0 Å². The molecule has 0 saturated carbocycles. The van der Waals surface area contributed by atoms with Crippen LogP contribution in [0.3, 0.4) is 0 Å². The van der Waals surface area contributed by atoms with Crippen LogP contribution in [0.4, 0.5) is 21.5 Å². The van der Waals surface area contributed by atoms with Crippen molar-refractivity contribution in [2.24, 2.45) is 0 Å². The lowest BCUT2D eigenvalue weighted by Gasteiger charge is -2.23. The second-order valence-electron chi connectivity index (χ2n) is 5.94. The van der Waals surface area contributed by atoms with Crippen LogP contribution in [0.1, 0.15) is 6.92 Å². The molecule has 2 N–H and O–H groups in total. The number of carbonyl (C=O) groups is 2. The Kier molecular flexibility index (Phi) is 6.56. The van der Waals surface area contributed by atoms with Crippen LogP contribution < -0.4 is 10.6 Å². The fourth-order valence-electron chi connectivity index (χ4n) is 2.24. The van der Waals surface area contributed by atoms with E-state index < -0.39 is 22.7 Å². The molecule has 2 rings (SSSR count). The molecular formula is C18H19FN4O4. The van der Waals surface area contributed by atoms with E-state index in [1.807, 2.05) is 0 Å². The van der Waals surface area contributed by atoms with Gasteiger partial charge in [0.25, 0.3) is 5.69 Å². The Morgan fingerprint density at radius 2 is 1.81 bits per heavy atom. The van der Waals surface area contributed by atoms with Gasteiger partial charge in [-0.15, -0.1) is 0 Å². The number of likely N-dealkylation sites (N-methyl/N-ethyl adjacent to an activating group) is 1. The number of nitro benzene ring substituents is 1. The van der Waals surface area contributed by atoms with Crippen LogP contribution in [0.2, 0.25) is 0 Å². The summed E-state index contributed by atoms with van der Waals surface area (Å²) in [5.74, 6) is -1.22. The van der Waals surface area contributed by atoms with Crippen molar-refractivity contribution in [3.8, 4) is 0 Å². The fourth-order valence-corrected chi connectivity index (χ4v) is 2.24. The number of nitrogens with one attached hydrogen (secondary N) is 2. The van der Waals surface area contributed by atoms with Crippen molar-refractivity contribution in [3.05, 3.63) is 64.5 Å². The summed E-state index contributed by atoms with van der Waals surface area (Å²) in [6, 6.07) is 10.3. The zero-order valence-corrected chi connectivity index (χ0v) is 14.8. The number of non-ortho nitro benzene ring substituents is 1. The second kappa shape index (κ2) is 8.86. The molecule has 0 aromatic heterocycles. The molecule has 0 spiro atoms. The van der Waals surface area contributed by atoms with Crippen molar-refractivity contribution >= 4 is 28.9 Å². The third kappa shape index (κ3) is 5.86. The third-order valence-electron chi connectivity index (χ3n) is 3.89. The summed E-state index contributed by atoms with van der Waals surface area (Å²) in [6.07, 6.45) is 0. The minimum atomic E-state index is -0.640. The van der Waals surface area contributed by atoms with Gasteiger partial charge in [-0.2, -0.15) is 0 Å². The fraction of sp³-hybridized carbons (Fsp3) is 0.222. The Balaban J connectivity index is 1.89. The van der Waals surface area contributed by atoms with Crippen LogP contribution in [-0.2, 0) is 9.59 Å². The average molecular weight is 374 g/mol. The Morgan fingerprint density at radius 3 is 2.41 bits per heavy atom. The van der Waals surface area contributed by atoms with Gasteiger partial charge >= 0.3 is 0 Å². The highest BCUT2D eigenvalue weighted by Gasteiger charge is 2.20. The number of nitro groups is 1. The van der Waals surface area contributed by atoms with Crippen LogP contribution in [0.15, 0.2) is 48.5 Å². The molecule has 0 aliphatic carbocycles. The molecule has 2 aromatic rings. The first kappa shape index (κ1) is 20.0. The molecule has 0 heterocycles. The summed E-state index contributed by atoms with van der Waals surface area (Å²) in [5.41, 5.74) is 0.665.